The first-order valence-electron chi connectivity index (χ1n) is 7.35. The number of carboxylic acids is 1. The lowest BCUT2D eigenvalue weighted by molar-refractivity contribution is -0.138. The third-order valence-corrected chi connectivity index (χ3v) is 4.27. The quantitative estimate of drug-likeness (QED) is 0.822. The van der Waals surface area contributed by atoms with Gasteiger partial charge < -0.3 is 20.1 Å². The van der Waals surface area contributed by atoms with E-state index in [1.807, 2.05) is 6.92 Å². The van der Waals surface area contributed by atoms with Crippen molar-refractivity contribution < 1.29 is 19.4 Å². The van der Waals surface area contributed by atoms with E-state index in [-0.39, 0.29) is 23.9 Å². The van der Waals surface area contributed by atoms with Gasteiger partial charge in [-0.1, -0.05) is 0 Å². The van der Waals surface area contributed by atoms with Crippen molar-refractivity contribution >= 4 is 12.0 Å². The molecule has 0 aromatic heterocycles. The number of aliphatic carboxylic acids is 1. The van der Waals surface area contributed by atoms with Crippen molar-refractivity contribution in [3.8, 4) is 0 Å². The normalized spacial score (nSPS) is 26.1. The molecule has 0 saturated carbocycles. The molecule has 2 aliphatic heterocycles. The Morgan fingerprint density at radius 2 is 2.10 bits per heavy atom. The summed E-state index contributed by atoms with van der Waals surface area (Å²) in [5, 5.41) is 12.0. The molecule has 2 fully saturated rings. The second-order valence-electron chi connectivity index (χ2n) is 6.16. The van der Waals surface area contributed by atoms with E-state index in [1.165, 1.54) is 0 Å². The minimum Gasteiger partial charge on any atom is -0.481 e. The Kier molecular flexibility index (Phi) is 4.86. The molecule has 0 bridgehead atoms. The van der Waals surface area contributed by atoms with Crippen LogP contribution >= 0.6 is 0 Å². The van der Waals surface area contributed by atoms with E-state index in [4.69, 9.17) is 9.84 Å². The SMILES string of the molecule is CC1(NC(=O)N2CCCC(CC(=O)O)C2)CCOCC1. The minimum atomic E-state index is -0.784. The number of ether oxygens (including phenoxy) is 1. The average molecular weight is 284 g/mol. The number of rotatable bonds is 3. The monoisotopic (exact) mass is 284 g/mol. The van der Waals surface area contributed by atoms with Gasteiger partial charge in [0.25, 0.3) is 0 Å². The number of amides is 2. The van der Waals surface area contributed by atoms with Gasteiger partial charge in [-0.2, -0.15) is 0 Å². The summed E-state index contributed by atoms with van der Waals surface area (Å²) in [7, 11) is 0. The maximum absolute atomic E-state index is 12.3. The summed E-state index contributed by atoms with van der Waals surface area (Å²) in [6, 6.07) is -0.0653. The Bertz CT molecular complexity index is 366. The van der Waals surface area contributed by atoms with Crippen LogP contribution in [0.1, 0.15) is 39.0 Å². The van der Waals surface area contributed by atoms with Crippen LogP contribution in [0, 0.1) is 5.92 Å². The highest BCUT2D eigenvalue weighted by atomic mass is 16.5. The fourth-order valence-electron chi connectivity index (χ4n) is 2.95. The fraction of sp³-hybridized carbons (Fsp3) is 0.857. The lowest BCUT2D eigenvalue weighted by atomic mass is 9.92. The van der Waals surface area contributed by atoms with Gasteiger partial charge in [-0.3, -0.25) is 4.79 Å². The van der Waals surface area contributed by atoms with E-state index in [0.29, 0.717) is 26.3 Å². The maximum Gasteiger partial charge on any atom is 0.317 e. The third-order valence-electron chi connectivity index (χ3n) is 4.27. The highest BCUT2D eigenvalue weighted by Gasteiger charge is 2.32. The molecule has 2 rings (SSSR count). The fourth-order valence-corrected chi connectivity index (χ4v) is 2.95. The van der Waals surface area contributed by atoms with Crippen LogP contribution in [-0.2, 0) is 9.53 Å². The number of piperidine rings is 1. The molecule has 2 aliphatic rings. The molecule has 0 aromatic carbocycles. The van der Waals surface area contributed by atoms with Gasteiger partial charge in [0, 0.05) is 38.3 Å². The number of carbonyl (C=O) groups is 2. The van der Waals surface area contributed by atoms with E-state index in [0.717, 1.165) is 25.7 Å². The maximum atomic E-state index is 12.3. The Morgan fingerprint density at radius 1 is 1.40 bits per heavy atom. The standard InChI is InChI=1S/C14H24N2O4/c1-14(4-7-20-8-5-14)15-13(19)16-6-2-3-11(10-16)9-12(17)18/h11H,2-10H2,1H3,(H,15,19)(H,17,18). The molecule has 0 aliphatic carbocycles. The van der Waals surface area contributed by atoms with Crippen molar-refractivity contribution in [2.75, 3.05) is 26.3 Å². The Labute approximate surface area is 119 Å². The van der Waals surface area contributed by atoms with Crippen molar-refractivity contribution in [2.24, 2.45) is 5.92 Å². The summed E-state index contributed by atoms with van der Waals surface area (Å²) in [6.45, 7) is 4.67. The van der Waals surface area contributed by atoms with Crippen LogP contribution < -0.4 is 5.32 Å². The number of nitrogens with zero attached hydrogens (tertiary/aromatic N) is 1. The minimum absolute atomic E-state index is 0.0653. The molecule has 6 nitrogen and oxygen atoms in total. The Morgan fingerprint density at radius 3 is 2.75 bits per heavy atom. The molecule has 0 radical (unpaired) electrons. The molecular formula is C14H24N2O4. The molecular weight excluding hydrogens is 260 g/mol. The zero-order valence-corrected chi connectivity index (χ0v) is 12.1. The summed E-state index contributed by atoms with van der Waals surface area (Å²) in [5.41, 5.74) is -0.199. The molecule has 2 N–H and O–H groups in total. The van der Waals surface area contributed by atoms with Gasteiger partial charge in [0.15, 0.2) is 0 Å². The molecule has 2 saturated heterocycles. The van der Waals surface area contributed by atoms with Crippen molar-refractivity contribution in [2.45, 2.75) is 44.6 Å². The number of urea groups is 1. The topological polar surface area (TPSA) is 78.9 Å². The van der Waals surface area contributed by atoms with Crippen molar-refractivity contribution in [3.63, 3.8) is 0 Å². The van der Waals surface area contributed by atoms with Crippen molar-refractivity contribution in [1.29, 1.82) is 0 Å². The number of nitrogens with one attached hydrogen (secondary N) is 1. The smallest absolute Gasteiger partial charge is 0.317 e. The van der Waals surface area contributed by atoms with Crippen LogP contribution in [-0.4, -0.2) is 53.8 Å². The first-order valence-corrected chi connectivity index (χ1v) is 7.35. The van der Waals surface area contributed by atoms with Crippen LogP contribution in [0.25, 0.3) is 0 Å². The van der Waals surface area contributed by atoms with Gasteiger partial charge >= 0.3 is 12.0 Å². The molecule has 1 unspecified atom stereocenters. The molecule has 2 heterocycles. The molecule has 20 heavy (non-hydrogen) atoms. The van der Waals surface area contributed by atoms with Crippen LogP contribution in [0.5, 0.6) is 0 Å². The van der Waals surface area contributed by atoms with Gasteiger partial charge in [-0.25, -0.2) is 4.79 Å². The van der Waals surface area contributed by atoms with E-state index < -0.39 is 5.97 Å². The highest BCUT2D eigenvalue weighted by Crippen LogP contribution is 2.23. The summed E-state index contributed by atoms with van der Waals surface area (Å²) < 4.78 is 5.32. The number of hydrogen-bond donors (Lipinski definition) is 2. The van der Waals surface area contributed by atoms with Crippen molar-refractivity contribution in [3.05, 3.63) is 0 Å². The molecule has 2 amide bonds. The number of likely N-dealkylation sites (tertiary alicyclic amines) is 1. The zero-order chi connectivity index (χ0) is 14.6. The Balaban J connectivity index is 1.86. The first-order chi connectivity index (χ1) is 9.48. The number of carbonyl (C=O) groups excluding carboxylic acids is 1. The van der Waals surface area contributed by atoms with E-state index in [1.54, 1.807) is 4.90 Å². The molecule has 6 heteroatoms. The van der Waals surface area contributed by atoms with Gasteiger partial charge in [-0.15, -0.1) is 0 Å². The zero-order valence-electron chi connectivity index (χ0n) is 12.1. The molecule has 0 spiro atoms. The van der Waals surface area contributed by atoms with Crippen LogP contribution in [0.2, 0.25) is 0 Å². The van der Waals surface area contributed by atoms with Crippen molar-refractivity contribution in [1.82, 2.24) is 10.2 Å². The lowest BCUT2D eigenvalue weighted by Crippen LogP contribution is -2.55. The summed E-state index contributed by atoms with van der Waals surface area (Å²) in [4.78, 5) is 24.9. The predicted octanol–water partition coefficient (Wildman–Crippen LogP) is 1.45. The van der Waals surface area contributed by atoms with E-state index in [2.05, 4.69) is 5.32 Å². The summed E-state index contributed by atoms with van der Waals surface area (Å²) in [6.07, 6.45) is 3.57. The van der Waals surface area contributed by atoms with Gasteiger partial charge in [-0.05, 0) is 38.5 Å². The highest BCUT2D eigenvalue weighted by molar-refractivity contribution is 5.75. The molecule has 1 atom stereocenters. The summed E-state index contributed by atoms with van der Waals surface area (Å²) in [5.74, 6) is -0.705. The van der Waals surface area contributed by atoms with Gasteiger partial charge in [0.1, 0.15) is 0 Å². The molecule has 0 aromatic rings. The van der Waals surface area contributed by atoms with Crippen LogP contribution in [0.3, 0.4) is 0 Å². The largest absolute Gasteiger partial charge is 0.481 e. The second-order valence-corrected chi connectivity index (χ2v) is 6.16. The lowest BCUT2D eigenvalue weighted by Gasteiger charge is -2.38. The summed E-state index contributed by atoms with van der Waals surface area (Å²) >= 11 is 0. The van der Waals surface area contributed by atoms with Crippen LogP contribution in [0.15, 0.2) is 0 Å². The third kappa shape index (κ3) is 4.10. The number of carboxylic acid groups (broad SMARTS) is 1. The van der Waals surface area contributed by atoms with E-state index >= 15 is 0 Å². The van der Waals surface area contributed by atoms with Gasteiger partial charge in [0.2, 0.25) is 0 Å². The average Bonchev–Trinajstić information content (AvgIpc) is 2.38. The van der Waals surface area contributed by atoms with Gasteiger partial charge in [0.05, 0.1) is 0 Å². The Hall–Kier alpha value is -1.30. The predicted molar refractivity (Wildman–Crippen MR) is 73.5 cm³/mol. The number of hydrogen-bond acceptors (Lipinski definition) is 3. The van der Waals surface area contributed by atoms with E-state index in [9.17, 15) is 9.59 Å². The second kappa shape index (κ2) is 6.43. The molecule has 114 valence electrons. The first kappa shape index (κ1) is 15.1. The van der Waals surface area contributed by atoms with Crippen LogP contribution in [0.4, 0.5) is 4.79 Å².